The average molecular weight is 274 g/mol. The van der Waals surface area contributed by atoms with E-state index in [1.165, 1.54) is 6.07 Å². The van der Waals surface area contributed by atoms with Crippen LogP contribution in [0.1, 0.15) is 18.6 Å². The van der Waals surface area contributed by atoms with Crippen LogP contribution in [0.15, 0.2) is 22.7 Å². The fourth-order valence-corrected chi connectivity index (χ4v) is 2.07. The highest BCUT2D eigenvalue weighted by molar-refractivity contribution is 9.10. The molecular weight excluding hydrogens is 261 g/mol. The molecule has 1 fully saturated rings. The minimum absolute atomic E-state index is 0.131. The van der Waals surface area contributed by atoms with E-state index in [1.54, 1.807) is 6.07 Å². The molecule has 1 aliphatic rings. The van der Waals surface area contributed by atoms with E-state index in [2.05, 4.69) is 21.2 Å². The van der Waals surface area contributed by atoms with Crippen LogP contribution >= 0.6 is 15.9 Å². The van der Waals surface area contributed by atoms with Gasteiger partial charge in [-0.3, -0.25) is 0 Å². The molecule has 2 unspecified atom stereocenters. The minimum Gasteiger partial charge on any atom is -0.368 e. The van der Waals surface area contributed by atoms with Crippen LogP contribution in [0.4, 0.5) is 4.39 Å². The summed E-state index contributed by atoms with van der Waals surface area (Å²) in [5, 5.41) is 3.22. The molecule has 0 radical (unpaired) electrons. The van der Waals surface area contributed by atoms with Crippen LogP contribution < -0.4 is 5.32 Å². The Morgan fingerprint density at radius 1 is 1.47 bits per heavy atom. The van der Waals surface area contributed by atoms with Crippen LogP contribution in [-0.4, -0.2) is 19.2 Å². The third-order valence-corrected chi connectivity index (χ3v) is 2.96. The van der Waals surface area contributed by atoms with Gasteiger partial charge < -0.3 is 10.1 Å². The maximum absolute atomic E-state index is 13.6. The molecule has 0 amide bonds. The second-order valence-electron chi connectivity index (χ2n) is 3.76. The maximum atomic E-state index is 13.6. The number of halogens is 2. The first kappa shape index (κ1) is 11.0. The molecule has 2 nitrogen and oxygen atoms in total. The monoisotopic (exact) mass is 273 g/mol. The highest BCUT2D eigenvalue weighted by atomic mass is 79.9. The van der Waals surface area contributed by atoms with Gasteiger partial charge in [-0.2, -0.15) is 0 Å². The highest BCUT2D eigenvalue weighted by Gasteiger charge is 2.22. The Kier molecular flexibility index (Phi) is 3.38. The number of morpholine rings is 1. The van der Waals surface area contributed by atoms with Crippen LogP contribution in [0.2, 0.25) is 0 Å². The van der Waals surface area contributed by atoms with Crippen molar-refractivity contribution in [1.29, 1.82) is 0 Å². The summed E-state index contributed by atoms with van der Waals surface area (Å²) in [4.78, 5) is 0. The third kappa shape index (κ3) is 2.56. The van der Waals surface area contributed by atoms with Gasteiger partial charge in [-0.15, -0.1) is 0 Å². The van der Waals surface area contributed by atoms with Crippen molar-refractivity contribution in [1.82, 2.24) is 5.32 Å². The van der Waals surface area contributed by atoms with Crippen molar-refractivity contribution >= 4 is 15.9 Å². The molecule has 4 heteroatoms. The fourth-order valence-electron chi connectivity index (χ4n) is 1.74. The summed E-state index contributed by atoms with van der Waals surface area (Å²) in [6.45, 7) is 3.48. The third-order valence-electron chi connectivity index (χ3n) is 2.47. The van der Waals surface area contributed by atoms with Gasteiger partial charge in [-0.1, -0.05) is 22.0 Å². The van der Waals surface area contributed by atoms with Crippen molar-refractivity contribution in [2.45, 2.75) is 19.1 Å². The molecule has 1 aliphatic heterocycles. The van der Waals surface area contributed by atoms with Crippen molar-refractivity contribution < 1.29 is 9.13 Å². The first-order valence-corrected chi connectivity index (χ1v) is 5.77. The normalized spacial score (nSPS) is 26.6. The molecule has 0 spiro atoms. The first-order valence-electron chi connectivity index (χ1n) is 4.98. The Morgan fingerprint density at radius 3 is 2.93 bits per heavy atom. The Bertz CT molecular complexity index is 358. The van der Waals surface area contributed by atoms with Crippen LogP contribution in [0.5, 0.6) is 0 Å². The van der Waals surface area contributed by atoms with Crippen molar-refractivity contribution in [3.63, 3.8) is 0 Å². The Labute approximate surface area is 96.9 Å². The second kappa shape index (κ2) is 4.60. The summed E-state index contributed by atoms with van der Waals surface area (Å²) in [5.74, 6) is -0.217. The second-order valence-corrected chi connectivity index (χ2v) is 4.68. The van der Waals surface area contributed by atoms with E-state index < -0.39 is 0 Å². The zero-order valence-electron chi connectivity index (χ0n) is 8.47. The molecule has 1 aromatic rings. The lowest BCUT2D eigenvalue weighted by Crippen LogP contribution is -2.39. The van der Waals surface area contributed by atoms with E-state index in [-0.39, 0.29) is 18.0 Å². The molecule has 0 bridgehead atoms. The van der Waals surface area contributed by atoms with Gasteiger partial charge in [0.25, 0.3) is 0 Å². The average Bonchev–Trinajstić information content (AvgIpc) is 2.17. The van der Waals surface area contributed by atoms with E-state index in [4.69, 9.17) is 4.74 Å². The Morgan fingerprint density at radius 2 is 2.27 bits per heavy atom. The predicted octanol–water partition coefficient (Wildman–Crippen LogP) is 2.64. The molecule has 15 heavy (non-hydrogen) atoms. The van der Waals surface area contributed by atoms with Gasteiger partial charge in [0.05, 0.1) is 12.2 Å². The lowest BCUT2D eigenvalue weighted by atomic mass is 10.1. The molecule has 82 valence electrons. The lowest BCUT2D eigenvalue weighted by Gasteiger charge is -2.29. The topological polar surface area (TPSA) is 21.3 Å². The van der Waals surface area contributed by atoms with E-state index >= 15 is 0 Å². The number of nitrogens with one attached hydrogen (secondary N) is 1. The summed E-state index contributed by atoms with van der Waals surface area (Å²) in [7, 11) is 0. The predicted molar refractivity (Wildman–Crippen MR) is 60.3 cm³/mol. The molecule has 1 N–H and O–H groups in total. The van der Waals surface area contributed by atoms with Gasteiger partial charge in [0.2, 0.25) is 0 Å². The minimum atomic E-state index is -0.217. The molecule has 1 saturated heterocycles. The molecule has 2 rings (SSSR count). The lowest BCUT2D eigenvalue weighted by molar-refractivity contribution is -0.0303. The zero-order chi connectivity index (χ0) is 10.8. The summed E-state index contributed by atoms with van der Waals surface area (Å²) in [6, 6.07) is 5.07. The molecular formula is C11H13BrFNO. The fraction of sp³-hybridized carbons (Fsp3) is 0.455. The van der Waals surface area contributed by atoms with Crippen LogP contribution in [0.25, 0.3) is 0 Å². The van der Waals surface area contributed by atoms with Crippen molar-refractivity contribution in [3.8, 4) is 0 Å². The smallest absolute Gasteiger partial charge is 0.130 e. The largest absolute Gasteiger partial charge is 0.368 e. The maximum Gasteiger partial charge on any atom is 0.130 e. The molecule has 2 atom stereocenters. The zero-order valence-corrected chi connectivity index (χ0v) is 10.1. The summed E-state index contributed by atoms with van der Waals surface area (Å²) < 4.78 is 20.1. The van der Waals surface area contributed by atoms with Crippen LogP contribution in [-0.2, 0) is 4.74 Å². The van der Waals surface area contributed by atoms with Gasteiger partial charge in [0, 0.05) is 23.1 Å². The van der Waals surface area contributed by atoms with Crippen molar-refractivity contribution in [2.75, 3.05) is 13.1 Å². The van der Waals surface area contributed by atoms with E-state index in [9.17, 15) is 4.39 Å². The Hall–Kier alpha value is -0.450. The molecule has 0 aromatic heterocycles. The van der Waals surface area contributed by atoms with Gasteiger partial charge in [0.15, 0.2) is 0 Å². The van der Waals surface area contributed by atoms with Crippen molar-refractivity contribution in [2.24, 2.45) is 0 Å². The van der Waals surface area contributed by atoms with Gasteiger partial charge >= 0.3 is 0 Å². The highest BCUT2D eigenvalue weighted by Crippen LogP contribution is 2.25. The number of benzene rings is 1. The van der Waals surface area contributed by atoms with Crippen LogP contribution in [0, 0.1) is 5.82 Å². The summed E-state index contributed by atoms with van der Waals surface area (Å²) in [5.41, 5.74) is 0.622. The van der Waals surface area contributed by atoms with Gasteiger partial charge in [-0.25, -0.2) is 4.39 Å². The standard InChI is InChI=1S/C11H13BrFNO/c1-7-5-14-6-11(15-7)9-3-2-8(12)4-10(9)13/h2-4,7,11,14H,5-6H2,1H3. The number of ether oxygens (including phenoxy) is 1. The van der Waals surface area contributed by atoms with E-state index in [0.29, 0.717) is 12.1 Å². The number of hydrogen-bond acceptors (Lipinski definition) is 2. The van der Waals surface area contributed by atoms with Crippen molar-refractivity contribution in [3.05, 3.63) is 34.1 Å². The van der Waals surface area contributed by atoms with Crippen LogP contribution in [0.3, 0.4) is 0 Å². The summed E-state index contributed by atoms with van der Waals surface area (Å²) >= 11 is 3.24. The molecule has 1 aromatic carbocycles. The molecule has 0 saturated carbocycles. The van der Waals surface area contributed by atoms with Gasteiger partial charge in [-0.05, 0) is 19.1 Å². The number of rotatable bonds is 1. The van der Waals surface area contributed by atoms with Gasteiger partial charge in [0.1, 0.15) is 5.82 Å². The quantitative estimate of drug-likeness (QED) is 0.850. The number of hydrogen-bond donors (Lipinski definition) is 1. The Balaban J connectivity index is 2.21. The first-order chi connectivity index (χ1) is 7.16. The molecule has 0 aliphatic carbocycles. The SMILES string of the molecule is CC1CNCC(c2ccc(Br)cc2F)O1. The van der Waals surface area contributed by atoms with E-state index in [0.717, 1.165) is 11.0 Å². The molecule has 1 heterocycles. The van der Waals surface area contributed by atoms with E-state index in [1.807, 2.05) is 13.0 Å². The summed E-state index contributed by atoms with van der Waals surface area (Å²) in [6.07, 6.45) is -0.0475.